The molecule has 26 nitrogen and oxygen atoms in total. The Balaban J connectivity index is 1.39. The number of nitrogens with two attached hydrogens (primary N) is 1. The van der Waals surface area contributed by atoms with Crippen LogP contribution in [0.4, 0.5) is 19.3 Å². The van der Waals surface area contributed by atoms with Gasteiger partial charge in [-0.3, -0.25) is 43.3 Å². The van der Waals surface area contributed by atoms with Crippen molar-refractivity contribution in [3.05, 3.63) is 70.1 Å². The molecule has 2 aliphatic rings. The Kier molecular flexibility index (Phi) is 32.9. The molecule has 28 heteroatoms. The van der Waals surface area contributed by atoms with E-state index in [1.165, 1.54) is 26.4 Å². The highest BCUT2D eigenvalue weighted by atomic mass is 19.2. The Hall–Kier alpha value is -7.52. The Morgan fingerprint density at radius 3 is 2.03 bits per heavy atom. The molecule has 96 heavy (non-hydrogen) atoms. The van der Waals surface area contributed by atoms with Crippen molar-refractivity contribution in [2.75, 3.05) is 87.0 Å². The predicted octanol–water partition coefficient (Wildman–Crippen LogP) is 6.20. The molecule has 536 valence electrons. The number of benzene rings is 2. The van der Waals surface area contributed by atoms with E-state index in [1.807, 2.05) is 67.6 Å². The topological polar surface area (TPSA) is 338 Å². The zero-order chi connectivity index (χ0) is 71.7. The van der Waals surface area contributed by atoms with Crippen molar-refractivity contribution in [3.8, 4) is 5.75 Å². The fourth-order valence-electron chi connectivity index (χ4n) is 13.1. The van der Waals surface area contributed by atoms with Crippen LogP contribution in [0.3, 0.4) is 0 Å². The lowest BCUT2D eigenvalue weighted by atomic mass is 9.89. The molecule has 0 aliphatic carbocycles. The number of likely N-dealkylation sites (tertiary alicyclic amines) is 2. The van der Waals surface area contributed by atoms with Crippen LogP contribution in [-0.2, 0) is 54.3 Å². The molecule has 4 rings (SSSR count). The number of hydrogen-bond donors (Lipinski definition) is 7. The smallest absolute Gasteiger partial charge is 0.314 e. The van der Waals surface area contributed by atoms with Crippen molar-refractivity contribution >= 4 is 59.0 Å². The monoisotopic (exact) mass is 1350 g/mol. The van der Waals surface area contributed by atoms with Crippen LogP contribution in [0.2, 0.25) is 0 Å². The van der Waals surface area contributed by atoms with Crippen molar-refractivity contribution in [3.63, 3.8) is 0 Å². The number of nitrogens with zero attached hydrogens (tertiary/aromatic N) is 7. The third kappa shape index (κ3) is 23.9. The third-order valence-electron chi connectivity index (χ3n) is 18.8. The first-order valence-corrected chi connectivity index (χ1v) is 33.7. The first kappa shape index (κ1) is 80.9. The minimum Gasteiger partial charge on any atom is -0.423 e. The lowest BCUT2D eigenvalue weighted by Gasteiger charge is -2.41. The molecule has 2 fully saturated rings. The molecule has 9 amide bonds. The van der Waals surface area contributed by atoms with E-state index in [-0.39, 0.29) is 86.6 Å². The van der Waals surface area contributed by atoms with E-state index < -0.39 is 119 Å². The molecule has 0 saturated carbocycles. The number of carbonyl (C=O) groups is 9. The number of halogens is 2. The van der Waals surface area contributed by atoms with Crippen LogP contribution >= 0.6 is 0 Å². The Morgan fingerprint density at radius 2 is 1.46 bits per heavy atom. The second kappa shape index (κ2) is 39.0. The SMILES string of the molecule is CC[C@H](C)[C@@H]([C@@H](CC(=O)N1CCC[C@H]1[C@H](OC)[C@@H](C)C(=O)N[C@H](CN=[N+]=[N-])Cc1ccc(NC(=O)[C@H](CCCNC(N)=O)NC(=O)[C@@H](NC(=O)CCC[N+]2(C)CCC(C(=O)Oc3cccc(F)c3F)CC2)C(C)C)cc1)OC)N(C)C(=O)[C@@H](NC(=O)[C@H](C(C)C)N(C)C)C(C)C. The van der Waals surface area contributed by atoms with Crippen molar-refractivity contribution in [2.24, 2.45) is 46.4 Å². The number of amides is 9. The van der Waals surface area contributed by atoms with Crippen LogP contribution in [0.25, 0.3) is 10.4 Å². The summed E-state index contributed by atoms with van der Waals surface area (Å²) < 4.78 is 45.7. The maximum Gasteiger partial charge on any atom is 0.314 e. The van der Waals surface area contributed by atoms with Gasteiger partial charge in [-0.2, -0.15) is 4.39 Å². The molecular weight excluding hydrogens is 1240 g/mol. The Morgan fingerprint density at radius 1 is 0.802 bits per heavy atom. The van der Waals surface area contributed by atoms with E-state index in [2.05, 4.69) is 41.9 Å². The van der Waals surface area contributed by atoms with Gasteiger partial charge in [-0.15, -0.1) is 0 Å². The molecule has 2 heterocycles. The average Bonchev–Trinajstić information content (AvgIpc) is 1.47. The van der Waals surface area contributed by atoms with Gasteiger partial charge >= 0.3 is 12.0 Å². The van der Waals surface area contributed by atoms with Crippen LogP contribution in [0, 0.1) is 47.1 Å². The maximum absolute atomic E-state index is 14.6. The molecule has 2 aromatic carbocycles. The fraction of sp³-hybridized carbons (Fsp3) is 0.691. The number of likely N-dealkylation sites (N-methyl/N-ethyl adjacent to an activating group) is 2. The summed E-state index contributed by atoms with van der Waals surface area (Å²) in [5.41, 5.74) is 15.7. The molecule has 2 aliphatic heterocycles. The van der Waals surface area contributed by atoms with Crippen LogP contribution in [-0.4, -0.2) is 209 Å². The number of carbonyl (C=O) groups excluding carboxylic acids is 9. The minimum absolute atomic E-state index is 0.00943. The summed E-state index contributed by atoms with van der Waals surface area (Å²) in [5.74, 6) is -8.19. The zero-order valence-electron chi connectivity index (χ0n) is 59.1. The fourth-order valence-corrected chi connectivity index (χ4v) is 13.1. The number of anilines is 1. The standard InChI is InChI=1S/C68H108F2N14O12/c1-16-43(8)60(82(12)66(91)58(41(4)5)79-65(90)59(42(6)7)81(10)11)53(94-14)38-55(86)83-33-19-23-51(83)61(95-15)44(9)62(87)76-48(39-74-80-72)37-45-26-28-47(29-27-45)75-63(88)50(22-18-32-73-68(71)93)77-64(89)57(40(2)3)78-54(85)25-20-34-84(13)35-30-46(31-36-84)67(92)96-52-24-17-21-49(69)56(52)70/h17,21,24,26-29,40-44,46,48,50-51,53,57-61H,16,18-20,22-23,25,30-39H2,1-15H3,(H7-,71,73,75,76,77,78,79,85,87,88,89,90,93)/p+1/t43-,44+,46?,48-,50-,51-,53+,57-,58-,59-,60-,61+,84?/m0/s1. The largest absolute Gasteiger partial charge is 0.423 e. The van der Waals surface area contributed by atoms with Gasteiger partial charge in [-0.1, -0.05) is 92.0 Å². The number of methoxy groups -OCH3 is 2. The number of ether oxygens (including phenoxy) is 3. The summed E-state index contributed by atoms with van der Waals surface area (Å²) in [6.07, 6.45) is 2.33. The Bertz CT molecular complexity index is 2950. The molecule has 8 N–H and O–H groups in total. The normalized spacial score (nSPS) is 19.5. The predicted molar refractivity (Wildman–Crippen MR) is 360 cm³/mol. The van der Waals surface area contributed by atoms with Gasteiger partial charge in [0.25, 0.3) is 0 Å². The summed E-state index contributed by atoms with van der Waals surface area (Å²) in [5, 5.41) is 20.8. The molecule has 0 bridgehead atoms. The average molecular weight is 1350 g/mol. The number of esters is 1. The number of rotatable bonds is 38. The number of primary amides is 1. The third-order valence-corrected chi connectivity index (χ3v) is 18.8. The van der Waals surface area contributed by atoms with E-state index in [0.717, 1.165) is 6.07 Å². The number of piperidine rings is 1. The van der Waals surface area contributed by atoms with Crippen LogP contribution < -0.4 is 42.4 Å². The van der Waals surface area contributed by atoms with Crippen molar-refractivity contribution < 1.29 is 70.6 Å². The van der Waals surface area contributed by atoms with Crippen LogP contribution in [0.5, 0.6) is 5.75 Å². The molecule has 0 spiro atoms. The molecule has 2 aromatic rings. The second-order valence-electron chi connectivity index (χ2n) is 27.4. The zero-order valence-corrected chi connectivity index (χ0v) is 59.1. The molecule has 0 radical (unpaired) electrons. The number of azide groups is 1. The minimum atomic E-state index is -1.22. The highest BCUT2D eigenvalue weighted by Gasteiger charge is 2.44. The quantitative estimate of drug-likeness (QED) is 0.00749. The molecule has 0 unspecified atom stereocenters. The van der Waals surface area contributed by atoms with Gasteiger partial charge in [-0.25, -0.2) is 9.18 Å². The highest BCUT2D eigenvalue weighted by Crippen LogP contribution is 2.31. The summed E-state index contributed by atoms with van der Waals surface area (Å²) >= 11 is 0. The summed E-state index contributed by atoms with van der Waals surface area (Å²) in [7, 11) is 10.4. The van der Waals surface area contributed by atoms with Gasteiger partial charge in [0.05, 0.1) is 75.3 Å². The highest BCUT2D eigenvalue weighted by molar-refractivity contribution is 5.98. The lowest BCUT2D eigenvalue weighted by molar-refractivity contribution is -0.915. The van der Waals surface area contributed by atoms with Crippen LogP contribution in [0.15, 0.2) is 47.6 Å². The van der Waals surface area contributed by atoms with E-state index in [0.29, 0.717) is 80.4 Å². The van der Waals surface area contributed by atoms with Crippen molar-refractivity contribution in [1.82, 2.24) is 41.3 Å². The molecule has 2 saturated heterocycles. The molecule has 0 aromatic heterocycles. The summed E-state index contributed by atoms with van der Waals surface area (Å²) in [4.78, 5) is 131. The van der Waals surface area contributed by atoms with Gasteiger partial charge in [0.1, 0.15) is 18.1 Å². The van der Waals surface area contributed by atoms with Gasteiger partial charge < -0.3 is 66.1 Å². The number of nitrogens with one attached hydrogen (secondary N) is 6. The van der Waals surface area contributed by atoms with E-state index in [4.69, 9.17) is 19.9 Å². The summed E-state index contributed by atoms with van der Waals surface area (Å²) in [6, 6.07) is 4.22. The van der Waals surface area contributed by atoms with Crippen LogP contribution in [0.1, 0.15) is 132 Å². The first-order valence-electron chi connectivity index (χ1n) is 33.7. The molecular formula is C68H109F2N14O12+. The molecule has 11 atom stereocenters. The number of urea groups is 1. The van der Waals surface area contributed by atoms with Gasteiger partial charge in [-0.05, 0) is 105 Å². The van der Waals surface area contributed by atoms with Gasteiger partial charge in [0, 0.05) is 83.2 Å². The van der Waals surface area contributed by atoms with Crippen molar-refractivity contribution in [1.29, 1.82) is 0 Å². The second-order valence-corrected chi connectivity index (χ2v) is 27.4. The summed E-state index contributed by atoms with van der Waals surface area (Å²) in [6.45, 7) is 19.1. The number of quaternary nitrogens is 1. The van der Waals surface area contributed by atoms with Crippen molar-refractivity contribution in [2.45, 2.75) is 187 Å². The van der Waals surface area contributed by atoms with Gasteiger partial charge in [0.2, 0.25) is 47.2 Å². The first-order chi connectivity index (χ1) is 45.3. The van der Waals surface area contributed by atoms with E-state index >= 15 is 0 Å². The number of hydrogen-bond acceptors (Lipinski definition) is 14. The van der Waals surface area contributed by atoms with E-state index in [9.17, 15) is 57.5 Å². The lowest BCUT2D eigenvalue weighted by Crippen LogP contribution is -2.59. The van der Waals surface area contributed by atoms with Gasteiger partial charge in [0.15, 0.2) is 11.6 Å². The van der Waals surface area contributed by atoms with E-state index in [1.54, 1.807) is 61.9 Å². The Labute approximate surface area is 565 Å². The maximum atomic E-state index is 14.6.